The number of rotatable bonds is 5. The molecule has 0 saturated heterocycles. The van der Waals surface area contributed by atoms with E-state index in [2.05, 4.69) is 0 Å². The Morgan fingerprint density at radius 3 is 2.53 bits per heavy atom. The number of benzene rings is 1. The number of nitrogens with two attached hydrogens (primary N) is 1. The fourth-order valence-corrected chi connectivity index (χ4v) is 2.36. The Morgan fingerprint density at radius 1 is 1.35 bits per heavy atom. The first kappa shape index (κ1) is 12.5. The number of ether oxygens (including phenoxy) is 2. The van der Waals surface area contributed by atoms with E-state index >= 15 is 0 Å². The summed E-state index contributed by atoms with van der Waals surface area (Å²) in [4.78, 5) is 0. The highest BCUT2D eigenvalue weighted by atomic mass is 35.5. The van der Waals surface area contributed by atoms with Gasteiger partial charge in [-0.3, -0.25) is 0 Å². The van der Waals surface area contributed by atoms with E-state index in [-0.39, 0.29) is 5.41 Å². The van der Waals surface area contributed by atoms with Gasteiger partial charge in [0.1, 0.15) is 11.5 Å². The molecule has 1 aliphatic rings. The summed E-state index contributed by atoms with van der Waals surface area (Å²) in [5, 5.41) is 0.616. The lowest BCUT2D eigenvalue weighted by molar-refractivity contribution is 0.329. The fourth-order valence-electron chi connectivity index (χ4n) is 2.11. The van der Waals surface area contributed by atoms with E-state index in [1.807, 2.05) is 19.1 Å². The van der Waals surface area contributed by atoms with Crippen molar-refractivity contribution >= 4 is 11.6 Å². The van der Waals surface area contributed by atoms with Gasteiger partial charge in [0, 0.05) is 23.6 Å². The molecule has 1 fully saturated rings. The van der Waals surface area contributed by atoms with Crippen molar-refractivity contribution in [3.05, 3.63) is 22.7 Å². The van der Waals surface area contributed by atoms with Gasteiger partial charge in [0.05, 0.1) is 18.7 Å². The van der Waals surface area contributed by atoms with Crippen LogP contribution in [-0.2, 0) is 5.41 Å². The first-order valence-electron chi connectivity index (χ1n) is 5.87. The summed E-state index contributed by atoms with van der Waals surface area (Å²) in [6.45, 7) is 3.22. The number of halogens is 1. The average molecular weight is 256 g/mol. The maximum Gasteiger partial charge on any atom is 0.141 e. The van der Waals surface area contributed by atoms with Crippen molar-refractivity contribution in [3.8, 4) is 11.5 Å². The zero-order valence-electron chi connectivity index (χ0n) is 10.3. The van der Waals surface area contributed by atoms with Crippen LogP contribution in [0, 0.1) is 0 Å². The monoisotopic (exact) mass is 255 g/mol. The highest BCUT2D eigenvalue weighted by Crippen LogP contribution is 2.52. The summed E-state index contributed by atoms with van der Waals surface area (Å²) in [6, 6.07) is 3.79. The number of hydrogen-bond donors (Lipinski definition) is 1. The summed E-state index contributed by atoms with van der Waals surface area (Å²) in [5.74, 6) is 1.49. The van der Waals surface area contributed by atoms with Gasteiger partial charge in [-0.25, -0.2) is 0 Å². The molecule has 94 valence electrons. The summed E-state index contributed by atoms with van der Waals surface area (Å²) < 4.78 is 10.9. The summed E-state index contributed by atoms with van der Waals surface area (Å²) >= 11 is 6.17. The van der Waals surface area contributed by atoms with E-state index in [0.29, 0.717) is 23.9 Å². The minimum absolute atomic E-state index is 0.0699. The Hall–Kier alpha value is -0.930. The zero-order valence-corrected chi connectivity index (χ0v) is 11.0. The summed E-state index contributed by atoms with van der Waals surface area (Å²) in [6.07, 6.45) is 2.21. The van der Waals surface area contributed by atoms with Crippen molar-refractivity contribution in [1.29, 1.82) is 0 Å². The van der Waals surface area contributed by atoms with Gasteiger partial charge in [-0.2, -0.15) is 0 Å². The van der Waals surface area contributed by atoms with E-state index in [0.717, 1.165) is 24.2 Å². The Labute approximate surface area is 107 Å². The maximum absolute atomic E-state index is 6.17. The highest BCUT2D eigenvalue weighted by Gasteiger charge is 2.45. The van der Waals surface area contributed by atoms with Crippen LogP contribution in [0.3, 0.4) is 0 Å². The fraction of sp³-hybridized carbons (Fsp3) is 0.538. The van der Waals surface area contributed by atoms with E-state index < -0.39 is 0 Å². The van der Waals surface area contributed by atoms with Crippen LogP contribution >= 0.6 is 11.6 Å². The lowest BCUT2D eigenvalue weighted by atomic mass is 9.95. The molecule has 1 aromatic carbocycles. The van der Waals surface area contributed by atoms with Gasteiger partial charge in [0.25, 0.3) is 0 Å². The third-order valence-electron chi connectivity index (χ3n) is 3.37. The van der Waals surface area contributed by atoms with Crippen LogP contribution < -0.4 is 15.2 Å². The molecule has 2 rings (SSSR count). The third kappa shape index (κ3) is 2.22. The van der Waals surface area contributed by atoms with Crippen LogP contribution in [0.1, 0.15) is 25.3 Å². The predicted molar refractivity (Wildman–Crippen MR) is 69.1 cm³/mol. The Balaban J connectivity index is 2.46. The van der Waals surface area contributed by atoms with Crippen LogP contribution in [0.25, 0.3) is 0 Å². The smallest absolute Gasteiger partial charge is 0.141 e. The molecule has 0 bridgehead atoms. The molecule has 17 heavy (non-hydrogen) atoms. The van der Waals surface area contributed by atoms with Crippen LogP contribution in [0.5, 0.6) is 11.5 Å². The number of methoxy groups -OCH3 is 1. The Morgan fingerprint density at radius 2 is 2.06 bits per heavy atom. The lowest BCUT2D eigenvalue weighted by Crippen LogP contribution is -2.20. The van der Waals surface area contributed by atoms with Gasteiger partial charge in [-0.05, 0) is 25.8 Å². The van der Waals surface area contributed by atoms with Gasteiger partial charge in [0.15, 0.2) is 0 Å². The summed E-state index contributed by atoms with van der Waals surface area (Å²) in [7, 11) is 1.60. The zero-order chi connectivity index (χ0) is 12.5. The molecule has 2 N–H and O–H groups in total. The second kappa shape index (κ2) is 4.75. The Kier molecular flexibility index (Phi) is 3.50. The van der Waals surface area contributed by atoms with E-state index in [1.54, 1.807) is 7.11 Å². The largest absolute Gasteiger partial charge is 0.495 e. The molecule has 0 radical (unpaired) electrons. The molecule has 0 heterocycles. The normalized spacial score (nSPS) is 16.7. The van der Waals surface area contributed by atoms with Crippen molar-refractivity contribution in [2.45, 2.75) is 25.2 Å². The summed E-state index contributed by atoms with van der Waals surface area (Å²) in [5.41, 5.74) is 7.04. The van der Waals surface area contributed by atoms with Crippen molar-refractivity contribution in [3.63, 3.8) is 0 Å². The lowest BCUT2D eigenvalue weighted by Gasteiger charge is -2.19. The first-order chi connectivity index (χ1) is 8.16. The number of hydrogen-bond acceptors (Lipinski definition) is 3. The highest BCUT2D eigenvalue weighted by molar-refractivity contribution is 6.32. The predicted octanol–water partition coefficient (Wildman–Crippen LogP) is 2.74. The molecular weight excluding hydrogens is 238 g/mol. The molecule has 1 aliphatic carbocycles. The first-order valence-corrected chi connectivity index (χ1v) is 6.25. The molecule has 1 saturated carbocycles. The SMILES string of the molecule is CCOc1cc(OC)c(Cl)cc1C1(CN)CC1. The van der Waals surface area contributed by atoms with Gasteiger partial charge in [-0.1, -0.05) is 11.6 Å². The van der Waals surface area contributed by atoms with Crippen molar-refractivity contribution in [2.24, 2.45) is 5.73 Å². The molecular formula is C13H18ClNO2. The van der Waals surface area contributed by atoms with Crippen molar-refractivity contribution < 1.29 is 9.47 Å². The van der Waals surface area contributed by atoms with Crippen LogP contribution in [0.2, 0.25) is 5.02 Å². The van der Waals surface area contributed by atoms with Gasteiger partial charge in [0.2, 0.25) is 0 Å². The average Bonchev–Trinajstić information content (AvgIpc) is 3.12. The molecule has 0 spiro atoms. The van der Waals surface area contributed by atoms with Gasteiger partial charge < -0.3 is 15.2 Å². The van der Waals surface area contributed by atoms with E-state index in [9.17, 15) is 0 Å². The van der Waals surface area contributed by atoms with Gasteiger partial charge >= 0.3 is 0 Å². The second-order valence-corrected chi connectivity index (χ2v) is 4.81. The third-order valence-corrected chi connectivity index (χ3v) is 3.66. The van der Waals surface area contributed by atoms with Crippen LogP contribution in [-0.4, -0.2) is 20.3 Å². The quantitative estimate of drug-likeness (QED) is 0.880. The van der Waals surface area contributed by atoms with Crippen LogP contribution in [0.15, 0.2) is 12.1 Å². The van der Waals surface area contributed by atoms with Gasteiger partial charge in [-0.15, -0.1) is 0 Å². The standard InChI is InChI=1S/C13H18ClNO2/c1-3-17-11-7-12(16-2)10(14)6-9(11)13(8-15)4-5-13/h6-7H,3-5,8,15H2,1-2H3. The topological polar surface area (TPSA) is 44.5 Å². The minimum Gasteiger partial charge on any atom is -0.495 e. The van der Waals surface area contributed by atoms with E-state index in [1.165, 1.54) is 0 Å². The minimum atomic E-state index is 0.0699. The molecule has 1 aromatic rings. The molecule has 0 aromatic heterocycles. The molecule has 3 nitrogen and oxygen atoms in total. The van der Waals surface area contributed by atoms with Crippen LogP contribution in [0.4, 0.5) is 0 Å². The second-order valence-electron chi connectivity index (χ2n) is 4.40. The molecule has 0 aliphatic heterocycles. The molecule has 0 amide bonds. The Bertz CT molecular complexity index is 416. The molecule has 0 atom stereocenters. The van der Waals surface area contributed by atoms with Crippen molar-refractivity contribution in [1.82, 2.24) is 0 Å². The maximum atomic E-state index is 6.17. The van der Waals surface area contributed by atoms with E-state index in [4.69, 9.17) is 26.8 Å². The van der Waals surface area contributed by atoms with Crippen molar-refractivity contribution in [2.75, 3.05) is 20.3 Å². The molecule has 0 unspecified atom stereocenters. The molecule has 4 heteroatoms.